The van der Waals surface area contributed by atoms with Crippen molar-refractivity contribution in [2.45, 2.75) is 6.92 Å². The van der Waals surface area contributed by atoms with E-state index in [4.69, 9.17) is 9.47 Å². The van der Waals surface area contributed by atoms with E-state index in [2.05, 4.69) is 10.6 Å². The summed E-state index contributed by atoms with van der Waals surface area (Å²) in [5, 5.41) is 24.3. The molecule has 0 aliphatic heterocycles. The van der Waals surface area contributed by atoms with Crippen LogP contribution >= 0.6 is 22.6 Å². The van der Waals surface area contributed by atoms with Crippen LogP contribution in [0.3, 0.4) is 0 Å². The number of methoxy groups -OCH3 is 1. The molecule has 0 spiro atoms. The van der Waals surface area contributed by atoms with Gasteiger partial charge in [-0.2, -0.15) is 5.26 Å². The molecule has 3 aromatic carbocycles. The number of phenols is 1. The standard InChI is InChI=1S/C26H22IN3O5/c1-16-5-3-4-6-22(16)30-24(32)15-35-25-21(27)12-17(13-23(25)34-2)11-18(14-28)26(33)29-19-7-9-20(31)10-8-19/h3-13,31H,15H2,1-2H3,(H,29,33)(H,30,32)/b18-11+. The molecule has 0 radical (unpaired) electrons. The topological polar surface area (TPSA) is 121 Å². The van der Waals surface area contributed by atoms with E-state index in [1.807, 2.05) is 59.8 Å². The first kappa shape index (κ1) is 25.6. The largest absolute Gasteiger partial charge is 0.508 e. The van der Waals surface area contributed by atoms with Crippen molar-refractivity contribution in [2.24, 2.45) is 0 Å². The number of hydrogen-bond donors (Lipinski definition) is 3. The normalized spacial score (nSPS) is 10.7. The fraction of sp³-hybridized carbons (Fsp3) is 0.115. The minimum atomic E-state index is -0.597. The number of rotatable bonds is 8. The van der Waals surface area contributed by atoms with Crippen LogP contribution in [0.25, 0.3) is 6.08 Å². The number of carbonyl (C=O) groups excluding carboxylic acids is 2. The zero-order valence-electron chi connectivity index (χ0n) is 19.0. The molecule has 0 aliphatic carbocycles. The van der Waals surface area contributed by atoms with Crippen LogP contribution in [0.1, 0.15) is 11.1 Å². The van der Waals surface area contributed by atoms with Crippen molar-refractivity contribution < 1.29 is 24.2 Å². The molecule has 3 N–H and O–H groups in total. The molecule has 0 aliphatic rings. The lowest BCUT2D eigenvalue weighted by atomic mass is 10.1. The fourth-order valence-electron chi connectivity index (χ4n) is 3.06. The summed E-state index contributed by atoms with van der Waals surface area (Å²) in [6.45, 7) is 1.67. The lowest BCUT2D eigenvalue weighted by molar-refractivity contribution is -0.118. The van der Waals surface area contributed by atoms with E-state index < -0.39 is 5.91 Å². The maximum absolute atomic E-state index is 12.5. The van der Waals surface area contributed by atoms with E-state index in [0.29, 0.717) is 32.0 Å². The second-order valence-corrected chi connectivity index (χ2v) is 8.52. The van der Waals surface area contributed by atoms with Crippen LogP contribution in [0.2, 0.25) is 0 Å². The summed E-state index contributed by atoms with van der Waals surface area (Å²) in [6, 6.07) is 18.6. The van der Waals surface area contributed by atoms with Gasteiger partial charge in [-0.15, -0.1) is 0 Å². The highest BCUT2D eigenvalue weighted by Crippen LogP contribution is 2.34. The van der Waals surface area contributed by atoms with E-state index in [9.17, 15) is 20.0 Å². The third-order valence-electron chi connectivity index (χ3n) is 4.82. The lowest BCUT2D eigenvalue weighted by Crippen LogP contribution is -2.21. The zero-order chi connectivity index (χ0) is 25.4. The minimum Gasteiger partial charge on any atom is -0.508 e. The summed E-state index contributed by atoms with van der Waals surface area (Å²) in [5.74, 6) is -0.129. The molecule has 3 aromatic rings. The Morgan fingerprint density at radius 3 is 2.49 bits per heavy atom. The van der Waals surface area contributed by atoms with Crippen LogP contribution in [0.15, 0.2) is 66.2 Å². The Morgan fingerprint density at radius 2 is 1.83 bits per heavy atom. The Morgan fingerprint density at radius 1 is 1.11 bits per heavy atom. The maximum atomic E-state index is 12.5. The highest BCUT2D eigenvalue weighted by molar-refractivity contribution is 14.1. The summed E-state index contributed by atoms with van der Waals surface area (Å²) in [5.41, 5.74) is 2.50. The van der Waals surface area contributed by atoms with Gasteiger partial charge in [0, 0.05) is 11.4 Å². The number of aromatic hydroxyl groups is 1. The number of nitrogens with zero attached hydrogens (tertiary/aromatic N) is 1. The van der Waals surface area contributed by atoms with Crippen molar-refractivity contribution >= 4 is 51.9 Å². The molecule has 0 atom stereocenters. The smallest absolute Gasteiger partial charge is 0.266 e. The number of anilines is 2. The molecule has 0 saturated heterocycles. The van der Waals surface area contributed by atoms with E-state index in [0.717, 1.165) is 5.56 Å². The Labute approximate surface area is 216 Å². The van der Waals surface area contributed by atoms with Gasteiger partial charge in [-0.05, 0) is 89.2 Å². The number of hydrogen-bond acceptors (Lipinski definition) is 6. The number of ether oxygens (including phenoxy) is 2. The van der Waals surface area contributed by atoms with E-state index in [-0.39, 0.29) is 23.8 Å². The first-order valence-corrected chi connectivity index (χ1v) is 11.5. The van der Waals surface area contributed by atoms with Gasteiger partial charge in [0.2, 0.25) is 0 Å². The van der Waals surface area contributed by atoms with E-state index >= 15 is 0 Å². The van der Waals surface area contributed by atoms with Gasteiger partial charge in [-0.3, -0.25) is 9.59 Å². The number of nitriles is 1. The first-order valence-electron chi connectivity index (χ1n) is 10.4. The van der Waals surface area contributed by atoms with Crippen LogP contribution in [-0.2, 0) is 9.59 Å². The minimum absolute atomic E-state index is 0.0655. The number of amides is 2. The van der Waals surface area contributed by atoms with Crippen LogP contribution < -0.4 is 20.1 Å². The van der Waals surface area contributed by atoms with Crippen molar-refractivity contribution in [2.75, 3.05) is 24.4 Å². The van der Waals surface area contributed by atoms with Gasteiger partial charge in [0.05, 0.1) is 10.7 Å². The molecule has 8 nitrogen and oxygen atoms in total. The Hall–Kier alpha value is -4.04. The average Bonchev–Trinajstić information content (AvgIpc) is 2.84. The van der Waals surface area contributed by atoms with Crippen LogP contribution in [0.4, 0.5) is 11.4 Å². The van der Waals surface area contributed by atoms with Gasteiger partial charge in [-0.25, -0.2) is 0 Å². The van der Waals surface area contributed by atoms with Gasteiger partial charge in [0.1, 0.15) is 17.4 Å². The third-order valence-corrected chi connectivity index (χ3v) is 5.62. The monoisotopic (exact) mass is 583 g/mol. The van der Waals surface area contributed by atoms with Gasteiger partial charge < -0.3 is 25.2 Å². The number of benzene rings is 3. The summed E-state index contributed by atoms with van der Waals surface area (Å²) in [4.78, 5) is 24.9. The van der Waals surface area contributed by atoms with Gasteiger partial charge >= 0.3 is 0 Å². The summed E-state index contributed by atoms with van der Waals surface area (Å²) < 4.78 is 11.8. The molecule has 0 aromatic heterocycles. The number of aryl methyl sites for hydroxylation is 1. The van der Waals surface area contributed by atoms with Crippen molar-refractivity contribution in [3.8, 4) is 23.3 Å². The molecule has 0 fully saturated rings. The molecule has 35 heavy (non-hydrogen) atoms. The fourth-order valence-corrected chi connectivity index (χ4v) is 3.84. The number of para-hydroxylation sites is 1. The molecule has 0 saturated carbocycles. The molecule has 9 heteroatoms. The van der Waals surface area contributed by atoms with Crippen LogP contribution in [-0.4, -0.2) is 30.6 Å². The number of halogens is 1. The van der Waals surface area contributed by atoms with Crippen molar-refractivity contribution in [3.63, 3.8) is 0 Å². The summed E-state index contributed by atoms with van der Waals surface area (Å²) >= 11 is 2.04. The number of carbonyl (C=O) groups is 2. The molecular weight excluding hydrogens is 561 g/mol. The Balaban J connectivity index is 1.74. The summed E-state index contributed by atoms with van der Waals surface area (Å²) in [7, 11) is 1.46. The molecule has 3 rings (SSSR count). The second kappa shape index (κ2) is 11.9. The molecule has 178 valence electrons. The molecule has 2 amide bonds. The number of nitrogens with one attached hydrogen (secondary N) is 2. The van der Waals surface area contributed by atoms with Crippen LogP contribution in [0.5, 0.6) is 17.2 Å². The first-order chi connectivity index (χ1) is 16.8. The molecular formula is C26H22IN3O5. The highest BCUT2D eigenvalue weighted by atomic mass is 127. The predicted molar refractivity (Wildman–Crippen MR) is 141 cm³/mol. The van der Waals surface area contributed by atoms with Gasteiger partial charge in [0.25, 0.3) is 11.8 Å². The Kier molecular flexibility index (Phi) is 8.69. The lowest BCUT2D eigenvalue weighted by Gasteiger charge is -2.14. The average molecular weight is 583 g/mol. The molecule has 0 unspecified atom stereocenters. The quantitative estimate of drug-likeness (QED) is 0.151. The highest BCUT2D eigenvalue weighted by Gasteiger charge is 2.15. The molecule has 0 bridgehead atoms. The second-order valence-electron chi connectivity index (χ2n) is 7.36. The Bertz CT molecular complexity index is 1310. The van der Waals surface area contributed by atoms with Crippen LogP contribution in [0, 0.1) is 21.8 Å². The zero-order valence-corrected chi connectivity index (χ0v) is 21.1. The summed E-state index contributed by atoms with van der Waals surface area (Å²) in [6.07, 6.45) is 1.43. The third kappa shape index (κ3) is 6.97. The van der Waals surface area contributed by atoms with E-state index in [1.165, 1.54) is 37.5 Å². The van der Waals surface area contributed by atoms with Gasteiger partial charge in [-0.1, -0.05) is 18.2 Å². The van der Waals surface area contributed by atoms with Crippen molar-refractivity contribution in [1.29, 1.82) is 5.26 Å². The maximum Gasteiger partial charge on any atom is 0.266 e. The predicted octanol–water partition coefficient (Wildman–Crippen LogP) is 4.88. The van der Waals surface area contributed by atoms with Crippen molar-refractivity contribution in [3.05, 3.63) is 80.9 Å². The molecule has 0 heterocycles. The van der Waals surface area contributed by atoms with E-state index in [1.54, 1.807) is 12.1 Å². The van der Waals surface area contributed by atoms with Crippen molar-refractivity contribution in [1.82, 2.24) is 0 Å². The van der Waals surface area contributed by atoms with Gasteiger partial charge in [0.15, 0.2) is 18.1 Å². The SMILES string of the molecule is COc1cc(/C=C(\C#N)C(=O)Nc2ccc(O)cc2)cc(I)c1OCC(=O)Nc1ccccc1C. The number of phenolic OH excluding ortho intramolecular Hbond substituents is 1.